The van der Waals surface area contributed by atoms with Crippen LogP contribution in [-0.2, 0) is 10.0 Å². The third-order valence-corrected chi connectivity index (χ3v) is 5.65. The van der Waals surface area contributed by atoms with Crippen LogP contribution in [0.1, 0.15) is 46.0 Å². The van der Waals surface area contributed by atoms with Crippen molar-refractivity contribution in [2.24, 2.45) is 0 Å². The summed E-state index contributed by atoms with van der Waals surface area (Å²) in [6, 6.07) is 1.45. The lowest BCUT2D eigenvalue weighted by Gasteiger charge is -2.24. The van der Waals surface area contributed by atoms with Crippen LogP contribution in [0.25, 0.3) is 0 Å². The van der Waals surface area contributed by atoms with E-state index in [0.29, 0.717) is 10.8 Å². The highest BCUT2D eigenvalue weighted by Crippen LogP contribution is 2.31. The summed E-state index contributed by atoms with van der Waals surface area (Å²) in [7, 11) is -3.59. The van der Waals surface area contributed by atoms with E-state index in [1.165, 1.54) is 12.3 Å². The Bertz CT molecular complexity index is 598. The van der Waals surface area contributed by atoms with Gasteiger partial charge in [0.1, 0.15) is 10.7 Å². The molecule has 21 heavy (non-hydrogen) atoms. The van der Waals surface area contributed by atoms with Gasteiger partial charge in [0.25, 0.3) is 0 Å². The Morgan fingerprint density at radius 2 is 2.05 bits per heavy atom. The van der Waals surface area contributed by atoms with E-state index in [9.17, 15) is 8.42 Å². The number of nitrogens with zero attached hydrogens (tertiary/aromatic N) is 1. The second kappa shape index (κ2) is 6.50. The molecule has 0 spiro atoms. The minimum Gasteiger partial charge on any atom is -0.369 e. The molecule has 2 rings (SSSR count). The van der Waals surface area contributed by atoms with Gasteiger partial charge in [0.2, 0.25) is 10.0 Å². The Hall–Kier alpha value is -0.850. The molecule has 1 aromatic heterocycles. The lowest BCUT2D eigenvalue weighted by atomic mass is 10.0. The average Bonchev–Trinajstić information content (AvgIpc) is 2.82. The lowest BCUT2D eigenvalue weighted by molar-refractivity contribution is 0.427. The SMILES string of the molecule is CCCNc1ncc(S(=O)(=O)NC2(C)CCCC2)cc1Cl. The summed E-state index contributed by atoms with van der Waals surface area (Å²) in [6.45, 7) is 4.73. The highest BCUT2D eigenvalue weighted by molar-refractivity contribution is 7.89. The molecule has 0 saturated heterocycles. The van der Waals surface area contributed by atoms with Crippen molar-refractivity contribution in [2.75, 3.05) is 11.9 Å². The Morgan fingerprint density at radius 1 is 1.38 bits per heavy atom. The molecule has 2 N–H and O–H groups in total. The van der Waals surface area contributed by atoms with Gasteiger partial charge >= 0.3 is 0 Å². The molecule has 0 aliphatic heterocycles. The van der Waals surface area contributed by atoms with Crippen molar-refractivity contribution < 1.29 is 8.42 Å². The van der Waals surface area contributed by atoms with Gasteiger partial charge < -0.3 is 5.32 Å². The van der Waals surface area contributed by atoms with E-state index in [2.05, 4.69) is 15.0 Å². The first-order valence-corrected chi connectivity index (χ1v) is 9.16. The standard InChI is InChI=1S/C14H22ClN3O2S/c1-3-8-16-13-12(15)9-11(10-17-13)21(19,20)18-14(2)6-4-5-7-14/h9-10,18H,3-8H2,1-2H3,(H,16,17). The number of anilines is 1. The van der Waals surface area contributed by atoms with Crippen molar-refractivity contribution in [3.8, 4) is 0 Å². The zero-order valence-electron chi connectivity index (χ0n) is 12.4. The molecule has 0 aromatic carbocycles. The van der Waals surface area contributed by atoms with E-state index in [0.717, 1.165) is 38.6 Å². The Labute approximate surface area is 131 Å². The summed E-state index contributed by atoms with van der Waals surface area (Å²) in [4.78, 5) is 4.23. The van der Waals surface area contributed by atoms with Crippen molar-refractivity contribution in [1.29, 1.82) is 0 Å². The molecule has 1 aliphatic rings. The first kappa shape index (κ1) is 16.5. The molecule has 0 atom stereocenters. The van der Waals surface area contributed by atoms with Gasteiger partial charge in [0.05, 0.1) is 5.02 Å². The fraction of sp³-hybridized carbons (Fsp3) is 0.643. The van der Waals surface area contributed by atoms with E-state index in [1.807, 2.05) is 13.8 Å². The van der Waals surface area contributed by atoms with Crippen LogP contribution in [-0.4, -0.2) is 25.5 Å². The molecule has 1 fully saturated rings. The van der Waals surface area contributed by atoms with E-state index >= 15 is 0 Å². The summed E-state index contributed by atoms with van der Waals surface area (Å²) in [5, 5.41) is 3.39. The van der Waals surface area contributed by atoms with Gasteiger partial charge in [-0.3, -0.25) is 0 Å². The number of hydrogen-bond donors (Lipinski definition) is 2. The molecule has 7 heteroatoms. The van der Waals surface area contributed by atoms with Crippen LogP contribution in [0.2, 0.25) is 5.02 Å². The van der Waals surface area contributed by atoms with Crippen LogP contribution in [0.4, 0.5) is 5.82 Å². The van der Waals surface area contributed by atoms with Crippen molar-refractivity contribution in [3.63, 3.8) is 0 Å². The quantitative estimate of drug-likeness (QED) is 0.840. The van der Waals surface area contributed by atoms with Crippen LogP contribution < -0.4 is 10.0 Å². The lowest BCUT2D eigenvalue weighted by Crippen LogP contribution is -2.43. The number of nitrogens with one attached hydrogen (secondary N) is 2. The van der Waals surface area contributed by atoms with E-state index in [-0.39, 0.29) is 10.4 Å². The number of sulfonamides is 1. The minimum absolute atomic E-state index is 0.114. The molecule has 0 radical (unpaired) electrons. The average molecular weight is 332 g/mol. The molecule has 1 aromatic rings. The van der Waals surface area contributed by atoms with Crippen LogP contribution >= 0.6 is 11.6 Å². The Balaban J connectivity index is 2.18. The number of halogens is 1. The van der Waals surface area contributed by atoms with Crippen LogP contribution in [0, 0.1) is 0 Å². The molecule has 0 unspecified atom stereocenters. The molecule has 5 nitrogen and oxygen atoms in total. The molecule has 118 valence electrons. The van der Waals surface area contributed by atoms with Gasteiger partial charge in [-0.05, 0) is 32.3 Å². The fourth-order valence-corrected chi connectivity index (χ4v) is 4.31. The third kappa shape index (κ3) is 4.08. The highest BCUT2D eigenvalue weighted by atomic mass is 35.5. The van der Waals surface area contributed by atoms with Crippen molar-refractivity contribution in [1.82, 2.24) is 9.71 Å². The van der Waals surface area contributed by atoms with E-state index in [1.54, 1.807) is 0 Å². The van der Waals surface area contributed by atoms with Crippen LogP contribution in [0.5, 0.6) is 0 Å². The number of hydrogen-bond acceptors (Lipinski definition) is 4. The zero-order valence-corrected chi connectivity index (χ0v) is 14.0. The fourth-order valence-electron chi connectivity index (χ4n) is 2.58. The summed E-state index contributed by atoms with van der Waals surface area (Å²) in [6.07, 6.45) is 6.13. The normalized spacial score (nSPS) is 17.9. The van der Waals surface area contributed by atoms with E-state index < -0.39 is 10.0 Å². The first-order valence-electron chi connectivity index (χ1n) is 7.30. The summed E-state index contributed by atoms with van der Waals surface area (Å²) < 4.78 is 27.7. The van der Waals surface area contributed by atoms with Crippen molar-refractivity contribution in [2.45, 2.75) is 56.4 Å². The van der Waals surface area contributed by atoms with Gasteiger partial charge in [-0.25, -0.2) is 18.1 Å². The molecule has 1 heterocycles. The van der Waals surface area contributed by atoms with Crippen molar-refractivity contribution >= 4 is 27.4 Å². The third-order valence-electron chi connectivity index (χ3n) is 3.76. The number of rotatable bonds is 6. The van der Waals surface area contributed by atoms with Gasteiger partial charge in [0.15, 0.2) is 0 Å². The molecule has 1 saturated carbocycles. The largest absolute Gasteiger partial charge is 0.369 e. The smallest absolute Gasteiger partial charge is 0.242 e. The van der Waals surface area contributed by atoms with Gasteiger partial charge in [-0.1, -0.05) is 31.4 Å². The van der Waals surface area contributed by atoms with Gasteiger partial charge in [0, 0.05) is 18.3 Å². The maximum atomic E-state index is 12.4. The monoisotopic (exact) mass is 331 g/mol. The summed E-state index contributed by atoms with van der Waals surface area (Å²) in [5.41, 5.74) is -0.357. The Morgan fingerprint density at radius 3 is 2.62 bits per heavy atom. The topological polar surface area (TPSA) is 71.1 Å². The predicted molar refractivity (Wildman–Crippen MR) is 85.2 cm³/mol. The van der Waals surface area contributed by atoms with E-state index in [4.69, 9.17) is 11.6 Å². The van der Waals surface area contributed by atoms with Crippen LogP contribution in [0.3, 0.4) is 0 Å². The molecule has 1 aliphatic carbocycles. The molecular formula is C14H22ClN3O2S. The van der Waals surface area contributed by atoms with Gasteiger partial charge in [-0.2, -0.15) is 0 Å². The summed E-state index contributed by atoms with van der Waals surface area (Å²) >= 11 is 6.11. The zero-order chi connectivity index (χ0) is 15.5. The Kier molecular flexibility index (Phi) is 5.11. The maximum Gasteiger partial charge on any atom is 0.242 e. The maximum absolute atomic E-state index is 12.4. The first-order chi connectivity index (χ1) is 9.86. The predicted octanol–water partition coefficient (Wildman–Crippen LogP) is 3.17. The number of aromatic nitrogens is 1. The minimum atomic E-state index is -3.59. The summed E-state index contributed by atoms with van der Waals surface area (Å²) in [5.74, 6) is 0.518. The van der Waals surface area contributed by atoms with Gasteiger partial charge in [-0.15, -0.1) is 0 Å². The van der Waals surface area contributed by atoms with Crippen LogP contribution in [0.15, 0.2) is 17.2 Å². The number of pyridine rings is 1. The van der Waals surface area contributed by atoms with Crippen molar-refractivity contribution in [3.05, 3.63) is 17.3 Å². The molecule has 0 bridgehead atoms. The highest BCUT2D eigenvalue weighted by Gasteiger charge is 2.33. The second-order valence-electron chi connectivity index (χ2n) is 5.80. The second-order valence-corrected chi connectivity index (χ2v) is 7.89. The molecular weight excluding hydrogens is 310 g/mol. The molecule has 0 amide bonds.